The van der Waals surface area contributed by atoms with Crippen LogP contribution < -0.4 is 0 Å². The van der Waals surface area contributed by atoms with Crippen molar-refractivity contribution in [3.63, 3.8) is 0 Å². The van der Waals surface area contributed by atoms with Crippen LogP contribution >= 0.6 is 7.82 Å². The Morgan fingerprint density at radius 3 is 2.54 bits per heavy atom. The maximum Gasteiger partial charge on any atom is 0.530 e. The van der Waals surface area contributed by atoms with Gasteiger partial charge in [0.2, 0.25) is 0 Å². The minimum Gasteiger partial charge on any atom is -0.510 e. The molecule has 0 amide bonds. The Hall–Kier alpha value is -1.10. The molecule has 6 nitrogen and oxygen atoms in total. The molecule has 0 aromatic rings. The number of rotatable bonds is 5. The number of aliphatic hydroxyl groups excluding tert-OH is 1. The first-order valence-electron chi connectivity index (χ1n) is 3.07. The zero-order chi connectivity index (χ0) is 10.5. The number of carbonyl (C=O) groups excluding carboxylic acids is 1. The topological polar surface area (TPSA) is 93.1 Å². The lowest BCUT2D eigenvalue weighted by Gasteiger charge is -2.09. The molecule has 0 spiro atoms. The zero-order valence-electron chi connectivity index (χ0n) is 6.67. The van der Waals surface area contributed by atoms with Crippen LogP contribution in [0.1, 0.15) is 0 Å². The number of carbonyl (C=O) groups is 1. The van der Waals surface area contributed by atoms with Gasteiger partial charge >= 0.3 is 13.8 Å². The van der Waals surface area contributed by atoms with Gasteiger partial charge in [0.1, 0.15) is 12.4 Å². The Morgan fingerprint density at radius 2 is 2.15 bits per heavy atom. The Bertz CT molecular complexity index is 270. The molecule has 0 aliphatic carbocycles. The van der Waals surface area contributed by atoms with Crippen molar-refractivity contribution in [1.29, 1.82) is 0 Å². The molecule has 74 valence electrons. The fourth-order valence-electron chi connectivity index (χ4n) is 0.333. The van der Waals surface area contributed by atoms with Crippen LogP contribution in [0.25, 0.3) is 0 Å². The first kappa shape index (κ1) is 11.9. The molecule has 2 N–H and O–H groups in total. The van der Waals surface area contributed by atoms with Crippen LogP contribution in [0.5, 0.6) is 0 Å². The fraction of sp³-hybridized carbons (Fsp3) is 0.167. The molecule has 13 heavy (non-hydrogen) atoms. The van der Waals surface area contributed by atoms with Crippen LogP contribution in [0.3, 0.4) is 0 Å². The van der Waals surface area contributed by atoms with Crippen molar-refractivity contribution in [2.75, 3.05) is 6.61 Å². The van der Waals surface area contributed by atoms with Gasteiger partial charge in [0.05, 0.1) is 0 Å². The lowest BCUT2D eigenvalue weighted by atomic mass is 10.6. The molecule has 0 aliphatic rings. The fourth-order valence-corrected chi connectivity index (χ4v) is 1.00. The molecule has 0 rings (SSSR count). The van der Waals surface area contributed by atoms with E-state index >= 15 is 0 Å². The van der Waals surface area contributed by atoms with Gasteiger partial charge in [-0.05, 0) is 0 Å². The summed E-state index contributed by atoms with van der Waals surface area (Å²) in [6, 6.07) is 0. The highest BCUT2D eigenvalue weighted by Crippen LogP contribution is 2.43. The van der Waals surface area contributed by atoms with E-state index in [0.717, 1.165) is 0 Å². The number of hydrogen-bond donors (Lipinski definition) is 2. The summed E-state index contributed by atoms with van der Waals surface area (Å²) < 4.78 is 18.8. The summed E-state index contributed by atoms with van der Waals surface area (Å²) in [5.41, 5.74) is 0. The summed E-state index contributed by atoms with van der Waals surface area (Å²) in [5.74, 6) is -1.54. The van der Waals surface area contributed by atoms with Gasteiger partial charge in [-0.15, -0.1) is 0 Å². The van der Waals surface area contributed by atoms with Crippen LogP contribution in [0.2, 0.25) is 0 Å². The largest absolute Gasteiger partial charge is 0.530 e. The summed E-state index contributed by atoms with van der Waals surface area (Å²) in [6.07, 6.45) is 0.708. The van der Waals surface area contributed by atoms with Gasteiger partial charge in [-0.25, -0.2) is 9.36 Å². The van der Waals surface area contributed by atoms with Crippen LogP contribution in [0.15, 0.2) is 25.0 Å². The van der Waals surface area contributed by atoms with Gasteiger partial charge in [0.15, 0.2) is 0 Å². The highest BCUT2D eigenvalue weighted by Gasteiger charge is 2.24. The van der Waals surface area contributed by atoms with E-state index < -0.39 is 26.2 Å². The maximum atomic E-state index is 10.8. The molecular weight excluding hydrogens is 199 g/mol. The normalized spacial score (nSPS) is 14.2. The van der Waals surface area contributed by atoms with Gasteiger partial charge in [0, 0.05) is 6.08 Å². The second kappa shape index (κ2) is 4.81. The number of hydrogen-bond acceptors (Lipinski definition) is 5. The highest BCUT2D eigenvalue weighted by molar-refractivity contribution is 7.48. The predicted octanol–water partition coefficient (Wildman–Crippen LogP) is 0.904. The monoisotopic (exact) mass is 208 g/mol. The SMILES string of the molecule is C=CC(=O)OP(=O)(O)OCC(=C)O. The van der Waals surface area contributed by atoms with E-state index in [2.05, 4.69) is 22.2 Å². The molecule has 0 bridgehead atoms. The lowest BCUT2D eigenvalue weighted by molar-refractivity contribution is -0.130. The summed E-state index contributed by atoms with van der Waals surface area (Å²) in [4.78, 5) is 19.2. The average Bonchev–Trinajstić information content (AvgIpc) is 2.00. The standard InChI is InChI=1S/C6H9O6P/c1-3-6(8)12-13(9,10)11-4-5(2)7/h3,7H,1-2,4H2,(H,9,10). The summed E-state index contributed by atoms with van der Waals surface area (Å²) in [7, 11) is -4.46. The van der Waals surface area contributed by atoms with Crippen LogP contribution in [-0.4, -0.2) is 22.6 Å². The lowest BCUT2D eigenvalue weighted by Crippen LogP contribution is -2.02. The minimum absolute atomic E-state index is 0.455. The van der Waals surface area contributed by atoms with Crippen molar-refractivity contribution in [3.8, 4) is 0 Å². The van der Waals surface area contributed by atoms with Gasteiger partial charge in [-0.3, -0.25) is 9.42 Å². The molecule has 0 saturated carbocycles. The Morgan fingerprint density at radius 1 is 1.62 bits per heavy atom. The smallest absolute Gasteiger partial charge is 0.510 e. The maximum absolute atomic E-state index is 10.8. The van der Waals surface area contributed by atoms with E-state index in [-0.39, 0.29) is 0 Å². The first-order chi connectivity index (χ1) is 5.87. The third kappa shape index (κ3) is 6.10. The molecular formula is C6H9O6P. The highest BCUT2D eigenvalue weighted by atomic mass is 31.2. The second-order valence-electron chi connectivity index (χ2n) is 1.92. The van der Waals surface area contributed by atoms with Crippen molar-refractivity contribution in [3.05, 3.63) is 25.0 Å². The molecule has 1 atom stereocenters. The van der Waals surface area contributed by atoms with E-state index in [1.54, 1.807) is 0 Å². The average molecular weight is 208 g/mol. The van der Waals surface area contributed by atoms with Crippen LogP contribution in [-0.2, 0) is 18.4 Å². The van der Waals surface area contributed by atoms with Crippen LogP contribution in [0.4, 0.5) is 0 Å². The number of phosphoric ester groups is 1. The van der Waals surface area contributed by atoms with Crippen molar-refractivity contribution in [2.24, 2.45) is 0 Å². The molecule has 1 unspecified atom stereocenters. The molecule has 0 aromatic heterocycles. The van der Waals surface area contributed by atoms with Gasteiger partial charge < -0.3 is 9.63 Å². The van der Waals surface area contributed by atoms with E-state index in [1.165, 1.54) is 0 Å². The number of aliphatic hydroxyl groups is 1. The molecule has 0 aromatic carbocycles. The quantitative estimate of drug-likeness (QED) is 0.396. The van der Waals surface area contributed by atoms with Crippen molar-refractivity contribution in [2.45, 2.75) is 0 Å². The Labute approximate surface area is 74.7 Å². The Balaban J connectivity index is 4.08. The number of phosphoric acid groups is 1. The van der Waals surface area contributed by atoms with Crippen molar-refractivity contribution < 1.29 is 28.4 Å². The van der Waals surface area contributed by atoms with E-state index in [4.69, 9.17) is 10.00 Å². The van der Waals surface area contributed by atoms with Crippen LogP contribution in [0, 0.1) is 0 Å². The van der Waals surface area contributed by atoms with Gasteiger partial charge in [-0.1, -0.05) is 13.2 Å². The molecule has 7 heteroatoms. The summed E-state index contributed by atoms with van der Waals surface area (Å²) >= 11 is 0. The molecule has 0 fully saturated rings. The first-order valence-corrected chi connectivity index (χ1v) is 4.57. The predicted molar refractivity (Wildman–Crippen MR) is 43.8 cm³/mol. The third-order valence-corrected chi connectivity index (χ3v) is 1.63. The molecule has 0 saturated heterocycles. The van der Waals surface area contributed by atoms with Gasteiger partial charge in [-0.2, -0.15) is 0 Å². The van der Waals surface area contributed by atoms with Crippen molar-refractivity contribution in [1.82, 2.24) is 0 Å². The molecule has 0 aliphatic heterocycles. The van der Waals surface area contributed by atoms with E-state index in [0.29, 0.717) is 6.08 Å². The minimum atomic E-state index is -4.46. The van der Waals surface area contributed by atoms with Gasteiger partial charge in [0.25, 0.3) is 0 Å². The second-order valence-corrected chi connectivity index (χ2v) is 3.30. The molecule has 0 heterocycles. The third-order valence-electron chi connectivity index (χ3n) is 0.766. The zero-order valence-corrected chi connectivity index (χ0v) is 7.57. The summed E-state index contributed by atoms with van der Waals surface area (Å²) in [5, 5.41) is 8.49. The van der Waals surface area contributed by atoms with Crippen molar-refractivity contribution >= 4 is 13.8 Å². The molecule has 0 radical (unpaired) electrons. The summed E-state index contributed by atoms with van der Waals surface area (Å²) in [6.45, 7) is 5.42. The van der Waals surface area contributed by atoms with E-state index in [1.807, 2.05) is 0 Å². The van der Waals surface area contributed by atoms with E-state index in [9.17, 15) is 9.36 Å². The Kier molecular flexibility index (Phi) is 4.40.